The number of carboxylic acids is 1. The highest BCUT2D eigenvalue weighted by Crippen LogP contribution is 2.40. The topological polar surface area (TPSA) is 55.1 Å². The van der Waals surface area contributed by atoms with Gasteiger partial charge in [-0.15, -0.1) is 0 Å². The lowest BCUT2D eigenvalue weighted by Crippen LogP contribution is -2.13. The Hall–Kier alpha value is -2.38. The maximum Gasteiger partial charge on any atom is 0.418 e. The van der Waals surface area contributed by atoms with E-state index >= 15 is 0 Å². The van der Waals surface area contributed by atoms with E-state index in [2.05, 4.69) is 4.98 Å². The Morgan fingerprint density at radius 3 is 2.55 bits per heavy atom. The summed E-state index contributed by atoms with van der Waals surface area (Å²) in [7, 11) is 0. The lowest BCUT2D eigenvalue weighted by Gasteiger charge is -2.14. The Bertz CT molecular complexity index is 748. The number of hydrogen-bond donors (Lipinski definition) is 1. The molecule has 0 unspecified atom stereocenters. The van der Waals surface area contributed by atoms with Crippen LogP contribution >= 0.6 is 0 Å². The van der Waals surface area contributed by atoms with Crippen LogP contribution < -0.4 is 0 Å². The molecule has 22 heavy (non-hydrogen) atoms. The minimum atomic E-state index is -4.81. The SMILES string of the molecule is O=C(O)c1cc(-n2cnc(C3CC3)c2)c(C(F)(F)F)cc1F. The van der Waals surface area contributed by atoms with Crippen molar-refractivity contribution in [2.45, 2.75) is 24.9 Å². The van der Waals surface area contributed by atoms with Crippen molar-refractivity contribution in [2.75, 3.05) is 0 Å². The first-order valence-corrected chi connectivity index (χ1v) is 6.45. The second kappa shape index (κ2) is 4.82. The molecule has 1 aromatic carbocycles. The highest BCUT2D eigenvalue weighted by Gasteiger charge is 2.36. The average Bonchev–Trinajstić information content (AvgIpc) is 3.15. The zero-order chi connectivity index (χ0) is 16.1. The standard InChI is InChI=1S/C14H10F4N2O2/c15-10-4-9(14(16,17)18)12(3-8(10)13(21)22)20-5-11(19-6-20)7-1-2-7/h3-7H,1-2H2,(H,21,22). The first-order chi connectivity index (χ1) is 10.3. The summed E-state index contributed by atoms with van der Waals surface area (Å²) in [5.74, 6) is -2.82. The monoisotopic (exact) mass is 314 g/mol. The zero-order valence-corrected chi connectivity index (χ0v) is 11.1. The summed E-state index contributed by atoms with van der Waals surface area (Å²) >= 11 is 0. The van der Waals surface area contributed by atoms with Crippen LogP contribution in [0.4, 0.5) is 17.6 Å². The molecule has 1 aromatic heterocycles. The minimum absolute atomic E-state index is 0.204. The molecular weight excluding hydrogens is 304 g/mol. The molecule has 0 aliphatic heterocycles. The van der Waals surface area contributed by atoms with Gasteiger partial charge < -0.3 is 9.67 Å². The first-order valence-electron chi connectivity index (χ1n) is 6.45. The van der Waals surface area contributed by atoms with E-state index in [9.17, 15) is 22.4 Å². The van der Waals surface area contributed by atoms with E-state index in [1.54, 1.807) is 0 Å². The van der Waals surface area contributed by atoms with E-state index < -0.39 is 34.8 Å². The number of aromatic carboxylic acids is 1. The van der Waals surface area contributed by atoms with Crippen molar-refractivity contribution in [1.82, 2.24) is 9.55 Å². The summed E-state index contributed by atoms with van der Waals surface area (Å²) in [6.07, 6.45) is -0.357. The van der Waals surface area contributed by atoms with Gasteiger partial charge in [0.2, 0.25) is 0 Å². The Balaban J connectivity index is 2.17. The third kappa shape index (κ3) is 2.56. The molecule has 0 amide bonds. The summed E-state index contributed by atoms with van der Waals surface area (Å²) in [6, 6.07) is 0.883. The molecule has 116 valence electrons. The lowest BCUT2D eigenvalue weighted by molar-refractivity contribution is -0.137. The van der Waals surface area contributed by atoms with Crippen LogP contribution in [0.2, 0.25) is 0 Å². The molecule has 0 spiro atoms. The molecule has 0 bridgehead atoms. The van der Waals surface area contributed by atoms with E-state index in [1.807, 2.05) is 0 Å². The van der Waals surface area contributed by atoms with E-state index in [1.165, 1.54) is 12.5 Å². The number of carboxylic acid groups (broad SMARTS) is 1. The Morgan fingerprint density at radius 1 is 1.32 bits per heavy atom. The third-order valence-corrected chi connectivity index (χ3v) is 3.50. The number of carbonyl (C=O) groups is 1. The fourth-order valence-electron chi connectivity index (χ4n) is 2.23. The van der Waals surface area contributed by atoms with E-state index in [0.29, 0.717) is 11.8 Å². The zero-order valence-electron chi connectivity index (χ0n) is 11.1. The summed E-state index contributed by atoms with van der Waals surface area (Å²) < 4.78 is 53.9. The van der Waals surface area contributed by atoms with Crippen LogP contribution in [0.5, 0.6) is 0 Å². The Labute approximate surface area is 122 Å². The predicted octanol–water partition coefficient (Wildman–Crippen LogP) is 3.61. The van der Waals surface area contributed by atoms with Gasteiger partial charge in [0.15, 0.2) is 0 Å². The number of benzene rings is 1. The van der Waals surface area contributed by atoms with Gasteiger partial charge >= 0.3 is 12.1 Å². The molecule has 1 aliphatic carbocycles. The largest absolute Gasteiger partial charge is 0.478 e. The molecule has 0 radical (unpaired) electrons. The van der Waals surface area contributed by atoms with E-state index in [0.717, 1.165) is 17.4 Å². The maximum absolute atomic E-state index is 13.6. The van der Waals surface area contributed by atoms with E-state index in [-0.39, 0.29) is 12.0 Å². The summed E-state index contributed by atoms with van der Waals surface area (Å²) in [5, 5.41) is 8.89. The van der Waals surface area contributed by atoms with Gasteiger partial charge in [-0.2, -0.15) is 13.2 Å². The number of hydrogen-bond acceptors (Lipinski definition) is 2. The van der Waals surface area contributed by atoms with Crippen LogP contribution in [0.1, 0.15) is 40.4 Å². The van der Waals surface area contributed by atoms with Crippen molar-refractivity contribution >= 4 is 5.97 Å². The quantitative estimate of drug-likeness (QED) is 0.881. The van der Waals surface area contributed by atoms with Gasteiger partial charge in [0.1, 0.15) is 5.82 Å². The van der Waals surface area contributed by atoms with Gasteiger partial charge in [-0.25, -0.2) is 14.2 Å². The Kier molecular flexibility index (Phi) is 3.19. The molecule has 2 aromatic rings. The highest BCUT2D eigenvalue weighted by molar-refractivity contribution is 5.89. The Morgan fingerprint density at radius 2 is 2.00 bits per heavy atom. The smallest absolute Gasteiger partial charge is 0.418 e. The van der Waals surface area contributed by atoms with Crippen LogP contribution in [0.3, 0.4) is 0 Å². The molecule has 3 rings (SSSR count). The molecule has 1 aliphatic rings. The van der Waals surface area contributed by atoms with Gasteiger partial charge in [0.25, 0.3) is 0 Å². The second-order valence-electron chi connectivity index (χ2n) is 5.13. The van der Waals surface area contributed by atoms with Gasteiger partial charge in [-0.3, -0.25) is 0 Å². The lowest BCUT2D eigenvalue weighted by atomic mass is 10.1. The number of halogens is 4. The molecule has 0 atom stereocenters. The van der Waals surface area contributed by atoms with Gasteiger partial charge in [-0.1, -0.05) is 0 Å². The minimum Gasteiger partial charge on any atom is -0.478 e. The fraction of sp³-hybridized carbons (Fsp3) is 0.286. The van der Waals surface area contributed by atoms with Crippen molar-refractivity contribution in [2.24, 2.45) is 0 Å². The third-order valence-electron chi connectivity index (χ3n) is 3.50. The van der Waals surface area contributed by atoms with Crippen molar-refractivity contribution in [1.29, 1.82) is 0 Å². The molecular formula is C14H10F4N2O2. The molecule has 1 N–H and O–H groups in total. The van der Waals surface area contributed by atoms with Crippen LogP contribution in [-0.4, -0.2) is 20.6 Å². The summed E-state index contributed by atoms with van der Waals surface area (Å²) in [6.45, 7) is 0. The van der Waals surface area contributed by atoms with Crippen molar-refractivity contribution in [3.63, 3.8) is 0 Å². The van der Waals surface area contributed by atoms with Crippen LogP contribution in [0.25, 0.3) is 5.69 Å². The highest BCUT2D eigenvalue weighted by atomic mass is 19.4. The molecule has 4 nitrogen and oxygen atoms in total. The van der Waals surface area contributed by atoms with Crippen LogP contribution in [-0.2, 0) is 6.18 Å². The maximum atomic E-state index is 13.6. The molecule has 1 saturated carbocycles. The molecule has 0 saturated heterocycles. The number of nitrogens with zero attached hydrogens (tertiary/aromatic N) is 2. The summed E-state index contributed by atoms with van der Waals surface area (Å²) in [5.41, 5.74) is -1.86. The van der Waals surface area contributed by atoms with Gasteiger partial charge in [0, 0.05) is 12.1 Å². The fourth-order valence-corrected chi connectivity index (χ4v) is 2.23. The number of alkyl halides is 3. The average molecular weight is 314 g/mol. The first kappa shape index (κ1) is 14.6. The van der Waals surface area contributed by atoms with Gasteiger partial charge in [0.05, 0.1) is 28.8 Å². The number of rotatable bonds is 3. The number of aromatic nitrogens is 2. The van der Waals surface area contributed by atoms with Crippen LogP contribution in [0.15, 0.2) is 24.7 Å². The molecule has 1 heterocycles. The number of imidazole rings is 1. The van der Waals surface area contributed by atoms with Crippen molar-refractivity contribution in [3.05, 3.63) is 47.3 Å². The van der Waals surface area contributed by atoms with Crippen molar-refractivity contribution in [3.8, 4) is 5.69 Å². The van der Waals surface area contributed by atoms with Crippen molar-refractivity contribution < 1.29 is 27.5 Å². The normalized spacial score (nSPS) is 15.1. The molecule has 1 fully saturated rings. The van der Waals surface area contributed by atoms with Gasteiger partial charge in [-0.05, 0) is 25.0 Å². The predicted molar refractivity (Wildman–Crippen MR) is 67.5 cm³/mol. The second-order valence-corrected chi connectivity index (χ2v) is 5.13. The summed E-state index contributed by atoms with van der Waals surface area (Å²) in [4.78, 5) is 15.0. The van der Waals surface area contributed by atoms with E-state index in [4.69, 9.17) is 5.11 Å². The van der Waals surface area contributed by atoms with Crippen LogP contribution in [0, 0.1) is 5.82 Å². The molecule has 8 heteroatoms.